The summed E-state index contributed by atoms with van der Waals surface area (Å²) in [6, 6.07) is 14.3. The average molecular weight is 383 g/mol. The van der Waals surface area contributed by atoms with Gasteiger partial charge in [-0.3, -0.25) is 4.79 Å². The van der Waals surface area contributed by atoms with Crippen molar-refractivity contribution in [1.82, 2.24) is 0 Å². The molecule has 1 amide bonds. The van der Waals surface area contributed by atoms with Gasteiger partial charge in [0.1, 0.15) is 11.5 Å². The van der Waals surface area contributed by atoms with E-state index in [1.807, 2.05) is 38.1 Å². The molecular formula is C22H25NO5. The number of amides is 1. The molecule has 28 heavy (non-hydrogen) atoms. The molecule has 0 heterocycles. The van der Waals surface area contributed by atoms with Gasteiger partial charge in [0.2, 0.25) is 0 Å². The molecule has 1 N–H and O–H groups in total. The van der Waals surface area contributed by atoms with Gasteiger partial charge in [-0.25, -0.2) is 4.79 Å². The predicted molar refractivity (Wildman–Crippen MR) is 108 cm³/mol. The fraction of sp³-hybridized carbons (Fsp3) is 0.273. The maximum Gasteiger partial charge on any atom is 0.331 e. The van der Waals surface area contributed by atoms with Crippen LogP contribution in [0.25, 0.3) is 6.08 Å². The lowest BCUT2D eigenvalue weighted by atomic mass is 10.2. The van der Waals surface area contributed by atoms with Crippen molar-refractivity contribution in [2.45, 2.75) is 26.9 Å². The summed E-state index contributed by atoms with van der Waals surface area (Å²) >= 11 is 0. The van der Waals surface area contributed by atoms with E-state index in [4.69, 9.17) is 14.2 Å². The monoisotopic (exact) mass is 383 g/mol. The second-order valence-electron chi connectivity index (χ2n) is 5.83. The molecule has 0 saturated carbocycles. The normalized spacial score (nSPS) is 11.7. The molecule has 0 aliphatic rings. The Labute approximate surface area is 165 Å². The number of carbonyl (C=O) groups excluding carboxylic acids is 2. The van der Waals surface area contributed by atoms with Gasteiger partial charge < -0.3 is 19.5 Å². The Bertz CT molecular complexity index is 814. The zero-order chi connectivity index (χ0) is 20.4. The summed E-state index contributed by atoms with van der Waals surface area (Å²) in [5.74, 6) is 0.369. The molecule has 0 saturated heterocycles. The van der Waals surface area contributed by atoms with Crippen molar-refractivity contribution in [1.29, 1.82) is 0 Å². The van der Waals surface area contributed by atoms with Gasteiger partial charge in [-0.2, -0.15) is 0 Å². The van der Waals surface area contributed by atoms with Crippen LogP contribution in [0.3, 0.4) is 0 Å². The van der Waals surface area contributed by atoms with Gasteiger partial charge in [0.15, 0.2) is 6.10 Å². The third kappa shape index (κ3) is 6.46. The standard InChI is InChI=1S/C22H25NO5/c1-4-26-19-13-11-18(12-14-19)23-22(25)16(3)28-21(24)15-10-17-8-6-7-9-20(17)27-5-2/h6-16H,4-5H2,1-3H3,(H,23,25)/b15-10+/t16-/m0/s1. The summed E-state index contributed by atoms with van der Waals surface area (Å²) in [6.07, 6.45) is 1.94. The zero-order valence-corrected chi connectivity index (χ0v) is 16.3. The lowest BCUT2D eigenvalue weighted by Crippen LogP contribution is -2.29. The van der Waals surface area contributed by atoms with Crippen molar-refractivity contribution in [3.63, 3.8) is 0 Å². The Hall–Kier alpha value is -3.28. The quantitative estimate of drug-likeness (QED) is 0.522. The summed E-state index contributed by atoms with van der Waals surface area (Å²) in [5, 5.41) is 2.70. The van der Waals surface area contributed by atoms with E-state index < -0.39 is 18.0 Å². The third-order valence-corrected chi connectivity index (χ3v) is 3.71. The number of anilines is 1. The van der Waals surface area contributed by atoms with Gasteiger partial charge in [0.05, 0.1) is 13.2 Å². The van der Waals surface area contributed by atoms with E-state index in [0.717, 1.165) is 11.3 Å². The molecule has 2 rings (SSSR count). The summed E-state index contributed by atoms with van der Waals surface area (Å²) in [5.41, 5.74) is 1.35. The minimum absolute atomic E-state index is 0.416. The molecular weight excluding hydrogens is 358 g/mol. The van der Waals surface area contributed by atoms with Gasteiger partial charge in [0, 0.05) is 17.3 Å². The van der Waals surface area contributed by atoms with Crippen molar-refractivity contribution >= 4 is 23.6 Å². The van der Waals surface area contributed by atoms with E-state index in [1.54, 1.807) is 30.3 Å². The van der Waals surface area contributed by atoms with E-state index in [0.29, 0.717) is 24.7 Å². The fourth-order valence-corrected chi connectivity index (χ4v) is 2.38. The largest absolute Gasteiger partial charge is 0.494 e. The highest BCUT2D eigenvalue weighted by atomic mass is 16.5. The van der Waals surface area contributed by atoms with Crippen molar-refractivity contribution in [3.05, 3.63) is 60.2 Å². The Morgan fingerprint density at radius 2 is 1.68 bits per heavy atom. The lowest BCUT2D eigenvalue weighted by molar-refractivity contribution is -0.148. The number of para-hydroxylation sites is 1. The first kappa shape index (κ1) is 21.0. The van der Waals surface area contributed by atoms with Crippen molar-refractivity contribution < 1.29 is 23.8 Å². The molecule has 0 aliphatic carbocycles. The van der Waals surface area contributed by atoms with E-state index in [-0.39, 0.29) is 0 Å². The van der Waals surface area contributed by atoms with Crippen molar-refractivity contribution in [2.24, 2.45) is 0 Å². The number of hydrogen-bond acceptors (Lipinski definition) is 5. The van der Waals surface area contributed by atoms with Crippen LogP contribution in [0.4, 0.5) is 5.69 Å². The Kier molecular flexibility index (Phi) is 8.09. The first-order chi connectivity index (χ1) is 13.5. The summed E-state index contributed by atoms with van der Waals surface area (Å²) in [4.78, 5) is 24.2. The molecule has 0 bridgehead atoms. The van der Waals surface area contributed by atoms with Crippen LogP contribution < -0.4 is 14.8 Å². The minimum Gasteiger partial charge on any atom is -0.494 e. The predicted octanol–water partition coefficient (Wildman–Crippen LogP) is 4.07. The highest BCUT2D eigenvalue weighted by molar-refractivity contribution is 5.96. The smallest absolute Gasteiger partial charge is 0.331 e. The second kappa shape index (κ2) is 10.8. The number of esters is 1. The summed E-state index contributed by atoms with van der Waals surface area (Å²) in [6.45, 7) is 6.40. The molecule has 2 aromatic rings. The summed E-state index contributed by atoms with van der Waals surface area (Å²) in [7, 11) is 0. The van der Waals surface area contributed by atoms with Gasteiger partial charge in [-0.15, -0.1) is 0 Å². The molecule has 1 atom stereocenters. The van der Waals surface area contributed by atoms with E-state index in [2.05, 4.69) is 5.32 Å². The molecule has 0 aliphatic heterocycles. The van der Waals surface area contributed by atoms with Gasteiger partial charge >= 0.3 is 5.97 Å². The van der Waals surface area contributed by atoms with Crippen LogP contribution in [0, 0.1) is 0 Å². The first-order valence-corrected chi connectivity index (χ1v) is 9.17. The summed E-state index contributed by atoms with van der Waals surface area (Å²) < 4.78 is 16.0. The fourth-order valence-electron chi connectivity index (χ4n) is 2.38. The van der Waals surface area contributed by atoms with Crippen LogP contribution in [0.5, 0.6) is 11.5 Å². The van der Waals surface area contributed by atoms with Crippen molar-refractivity contribution in [3.8, 4) is 11.5 Å². The number of carbonyl (C=O) groups is 2. The van der Waals surface area contributed by atoms with Crippen LogP contribution in [-0.2, 0) is 14.3 Å². The number of benzene rings is 2. The Morgan fingerprint density at radius 1 is 1.00 bits per heavy atom. The van der Waals surface area contributed by atoms with E-state index in [1.165, 1.54) is 13.0 Å². The average Bonchev–Trinajstić information content (AvgIpc) is 2.69. The molecule has 0 radical (unpaired) electrons. The number of hydrogen-bond donors (Lipinski definition) is 1. The number of nitrogens with one attached hydrogen (secondary N) is 1. The molecule has 148 valence electrons. The minimum atomic E-state index is -0.939. The molecule has 0 fully saturated rings. The van der Waals surface area contributed by atoms with E-state index >= 15 is 0 Å². The molecule has 0 aromatic heterocycles. The third-order valence-electron chi connectivity index (χ3n) is 3.71. The maximum atomic E-state index is 12.2. The van der Waals surface area contributed by atoms with Gasteiger partial charge in [0.25, 0.3) is 5.91 Å². The second-order valence-corrected chi connectivity index (χ2v) is 5.83. The molecule has 6 nitrogen and oxygen atoms in total. The Morgan fingerprint density at radius 3 is 2.36 bits per heavy atom. The van der Waals surface area contributed by atoms with Gasteiger partial charge in [-0.1, -0.05) is 18.2 Å². The van der Waals surface area contributed by atoms with Crippen LogP contribution in [-0.4, -0.2) is 31.2 Å². The zero-order valence-electron chi connectivity index (χ0n) is 16.3. The van der Waals surface area contributed by atoms with Crippen LogP contribution in [0.2, 0.25) is 0 Å². The number of rotatable bonds is 9. The molecule has 0 spiro atoms. The maximum absolute atomic E-state index is 12.2. The SMILES string of the molecule is CCOc1ccc(NC(=O)[C@H](C)OC(=O)/C=C/c2ccccc2OCC)cc1. The highest BCUT2D eigenvalue weighted by Crippen LogP contribution is 2.19. The number of ether oxygens (including phenoxy) is 3. The van der Waals surface area contributed by atoms with Crippen LogP contribution >= 0.6 is 0 Å². The lowest BCUT2D eigenvalue weighted by Gasteiger charge is -2.13. The topological polar surface area (TPSA) is 73.9 Å². The van der Waals surface area contributed by atoms with Gasteiger partial charge in [-0.05, 0) is 57.2 Å². The highest BCUT2D eigenvalue weighted by Gasteiger charge is 2.16. The first-order valence-electron chi connectivity index (χ1n) is 9.17. The molecule has 2 aromatic carbocycles. The molecule has 6 heteroatoms. The van der Waals surface area contributed by atoms with E-state index in [9.17, 15) is 9.59 Å². The Balaban J connectivity index is 1.90. The molecule has 0 unspecified atom stereocenters. The van der Waals surface area contributed by atoms with Crippen LogP contribution in [0.1, 0.15) is 26.3 Å². The van der Waals surface area contributed by atoms with Crippen molar-refractivity contribution in [2.75, 3.05) is 18.5 Å². The van der Waals surface area contributed by atoms with Crippen LogP contribution in [0.15, 0.2) is 54.6 Å².